The molecule has 2 aliphatic heterocycles. The summed E-state index contributed by atoms with van der Waals surface area (Å²) >= 11 is 0. The molecule has 3 heteroatoms. The maximum absolute atomic E-state index is 12.2. The molecule has 2 unspecified atom stereocenters. The molecule has 3 fully saturated rings. The fourth-order valence-electron chi connectivity index (χ4n) is 3.84. The Morgan fingerprint density at radius 3 is 2.76 bits per heavy atom. The van der Waals surface area contributed by atoms with Crippen LogP contribution in [0.2, 0.25) is 0 Å². The Hall–Kier alpha value is -0.570. The highest BCUT2D eigenvalue weighted by Gasteiger charge is 2.41. The summed E-state index contributed by atoms with van der Waals surface area (Å²) in [6.45, 7) is 3.08. The number of piperidine rings is 1. The van der Waals surface area contributed by atoms with E-state index < -0.39 is 0 Å². The normalized spacial score (nSPS) is 34.4. The van der Waals surface area contributed by atoms with Gasteiger partial charge in [0.25, 0.3) is 0 Å². The van der Waals surface area contributed by atoms with Crippen LogP contribution in [0.25, 0.3) is 0 Å². The molecular formula is C14H24N2O. The van der Waals surface area contributed by atoms with Gasteiger partial charge in [-0.05, 0) is 31.7 Å². The summed E-state index contributed by atoms with van der Waals surface area (Å²) < 4.78 is 0. The zero-order valence-corrected chi connectivity index (χ0v) is 10.7. The van der Waals surface area contributed by atoms with Crippen molar-refractivity contribution >= 4 is 5.91 Å². The summed E-state index contributed by atoms with van der Waals surface area (Å²) in [5.41, 5.74) is 0. The van der Waals surface area contributed by atoms with Gasteiger partial charge in [-0.3, -0.25) is 4.79 Å². The van der Waals surface area contributed by atoms with Gasteiger partial charge in [0.15, 0.2) is 0 Å². The molecule has 1 aliphatic carbocycles. The van der Waals surface area contributed by atoms with Crippen molar-refractivity contribution in [3.63, 3.8) is 0 Å². The summed E-state index contributed by atoms with van der Waals surface area (Å²) in [4.78, 5) is 14.4. The van der Waals surface area contributed by atoms with Gasteiger partial charge < -0.3 is 10.2 Å². The molecule has 3 nitrogen and oxygen atoms in total. The van der Waals surface area contributed by atoms with Crippen molar-refractivity contribution in [2.75, 3.05) is 19.6 Å². The van der Waals surface area contributed by atoms with Crippen LogP contribution in [0, 0.1) is 11.8 Å². The third-order valence-electron chi connectivity index (χ3n) is 4.91. The SMILES string of the molecule is O=C1C2CCCNC2CN1CCC1CCCC1. The fourth-order valence-corrected chi connectivity index (χ4v) is 3.84. The van der Waals surface area contributed by atoms with Crippen molar-refractivity contribution in [2.45, 2.75) is 51.0 Å². The lowest BCUT2D eigenvalue weighted by Gasteiger charge is -2.23. The molecule has 0 bridgehead atoms. The number of likely N-dealkylation sites (tertiary alicyclic amines) is 1. The van der Waals surface area contributed by atoms with Gasteiger partial charge in [0.1, 0.15) is 0 Å². The van der Waals surface area contributed by atoms with Gasteiger partial charge in [-0.25, -0.2) is 0 Å². The van der Waals surface area contributed by atoms with Crippen molar-refractivity contribution in [3.8, 4) is 0 Å². The van der Waals surface area contributed by atoms with E-state index in [9.17, 15) is 4.79 Å². The predicted octanol–water partition coefficient (Wildman–Crippen LogP) is 1.78. The number of hydrogen-bond donors (Lipinski definition) is 1. The van der Waals surface area contributed by atoms with Gasteiger partial charge in [-0.2, -0.15) is 0 Å². The Morgan fingerprint density at radius 2 is 2.00 bits per heavy atom. The fraction of sp³-hybridized carbons (Fsp3) is 0.929. The van der Waals surface area contributed by atoms with Crippen molar-refractivity contribution in [3.05, 3.63) is 0 Å². The maximum atomic E-state index is 12.2. The van der Waals surface area contributed by atoms with E-state index in [4.69, 9.17) is 0 Å². The molecule has 2 heterocycles. The minimum Gasteiger partial charge on any atom is -0.341 e. The first-order valence-electron chi connectivity index (χ1n) is 7.37. The van der Waals surface area contributed by atoms with Crippen LogP contribution >= 0.6 is 0 Å². The Morgan fingerprint density at radius 1 is 1.18 bits per heavy atom. The molecule has 17 heavy (non-hydrogen) atoms. The minimum absolute atomic E-state index is 0.298. The van der Waals surface area contributed by atoms with Gasteiger partial charge in [-0.1, -0.05) is 25.7 Å². The first-order valence-corrected chi connectivity index (χ1v) is 7.37. The topological polar surface area (TPSA) is 32.3 Å². The van der Waals surface area contributed by atoms with Crippen molar-refractivity contribution in [1.82, 2.24) is 10.2 Å². The van der Waals surface area contributed by atoms with E-state index in [1.54, 1.807) is 0 Å². The maximum Gasteiger partial charge on any atom is 0.227 e. The summed E-state index contributed by atoms with van der Waals surface area (Å²) in [5.74, 6) is 1.63. The third-order valence-corrected chi connectivity index (χ3v) is 4.91. The van der Waals surface area contributed by atoms with Gasteiger partial charge in [-0.15, -0.1) is 0 Å². The zero-order chi connectivity index (χ0) is 11.7. The summed E-state index contributed by atoms with van der Waals surface area (Å²) in [6, 6.07) is 0.458. The number of nitrogens with one attached hydrogen (secondary N) is 1. The third kappa shape index (κ3) is 2.35. The van der Waals surface area contributed by atoms with E-state index in [1.165, 1.54) is 38.5 Å². The first kappa shape index (κ1) is 11.5. The molecule has 0 radical (unpaired) electrons. The van der Waals surface area contributed by atoms with Crippen LogP contribution < -0.4 is 5.32 Å². The monoisotopic (exact) mass is 236 g/mol. The Bertz CT molecular complexity index is 286. The van der Waals surface area contributed by atoms with E-state index in [2.05, 4.69) is 10.2 Å². The van der Waals surface area contributed by atoms with Crippen LogP contribution in [0.4, 0.5) is 0 Å². The number of carbonyl (C=O) groups excluding carboxylic acids is 1. The molecule has 0 spiro atoms. The number of amides is 1. The highest BCUT2D eigenvalue weighted by molar-refractivity contribution is 5.82. The lowest BCUT2D eigenvalue weighted by atomic mass is 9.94. The molecule has 1 saturated carbocycles. The Kier molecular flexibility index (Phi) is 3.37. The number of fused-ring (bicyclic) bond motifs is 1. The summed E-state index contributed by atoms with van der Waals surface area (Å²) in [6.07, 6.45) is 9.13. The average molecular weight is 236 g/mol. The molecular weight excluding hydrogens is 212 g/mol. The lowest BCUT2D eigenvalue weighted by molar-refractivity contribution is -0.131. The van der Waals surface area contributed by atoms with E-state index >= 15 is 0 Å². The summed E-state index contributed by atoms with van der Waals surface area (Å²) in [5, 5.41) is 3.51. The molecule has 3 aliphatic rings. The number of rotatable bonds is 3. The highest BCUT2D eigenvalue weighted by atomic mass is 16.2. The zero-order valence-electron chi connectivity index (χ0n) is 10.7. The number of carbonyl (C=O) groups is 1. The van der Waals surface area contributed by atoms with Crippen LogP contribution in [-0.2, 0) is 4.79 Å². The molecule has 2 atom stereocenters. The minimum atomic E-state index is 0.298. The van der Waals surface area contributed by atoms with Crippen LogP contribution in [0.1, 0.15) is 44.9 Å². The quantitative estimate of drug-likeness (QED) is 0.810. The van der Waals surface area contributed by atoms with Crippen LogP contribution in [-0.4, -0.2) is 36.5 Å². The second-order valence-electron chi connectivity index (χ2n) is 6.03. The van der Waals surface area contributed by atoms with Crippen molar-refractivity contribution in [2.24, 2.45) is 11.8 Å². The van der Waals surface area contributed by atoms with Crippen LogP contribution in [0.15, 0.2) is 0 Å². The largest absolute Gasteiger partial charge is 0.341 e. The van der Waals surface area contributed by atoms with E-state index in [1.807, 2.05) is 0 Å². The van der Waals surface area contributed by atoms with Gasteiger partial charge in [0.2, 0.25) is 5.91 Å². The van der Waals surface area contributed by atoms with Crippen molar-refractivity contribution in [1.29, 1.82) is 0 Å². The standard InChI is InChI=1S/C14H24N2O/c17-14-12-6-3-8-15-13(12)10-16(14)9-7-11-4-1-2-5-11/h11-13,15H,1-10H2. The molecule has 0 aromatic rings. The number of nitrogens with zero attached hydrogens (tertiary/aromatic N) is 1. The molecule has 96 valence electrons. The van der Waals surface area contributed by atoms with Crippen LogP contribution in [0.3, 0.4) is 0 Å². The second-order valence-corrected chi connectivity index (χ2v) is 6.03. The molecule has 3 rings (SSSR count). The van der Waals surface area contributed by atoms with Gasteiger partial charge >= 0.3 is 0 Å². The number of hydrogen-bond acceptors (Lipinski definition) is 2. The van der Waals surface area contributed by atoms with E-state index in [0.717, 1.165) is 32.0 Å². The lowest BCUT2D eigenvalue weighted by Crippen LogP contribution is -2.41. The van der Waals surface area contributed by atoms with Gasteiger partial charge in [0, 0.05) is 19.1 Å². The molecule has 2 saturated heterocycles. The van der Waals surface area contributed by atoms with E-state index in [-0.39, 0.29) is 0 Å². The smallest absolute Gasteiger partial charge is 0.227 e. The first-order chi connectivity index (χ1) is 8.34. The van der Waals surface area contributed by atoms with Crippen LogP contribution in [0.5, 0.6) is 0 Å². The van der Waals surface area contributed by atoms with E-state index in [0.29, 0.717) is 17.9 Å². The average Bonchev–Trinajstić information content (AvgIpc) is 2.96. The van der Waals surface area contributed by atoms with Gasteiger partial charge in [0.05, 0.1) is 5.92 Å². The van der Waals surface area contributed by atoms with Crippen molar-refractivity contribution < 1.29 is 4.79 Å². The summed E-state index contributed by atoms with van der Waals surface area (Å²) in [7, 11) is 0. The second kappa shape index (κ2) is 4.97. The molecule has 1 N–H and O–H groups in total. The molecule has 0 aromatic carbocycles. The Balaban J connectivity index is 1.51. The molecule has 0 aromatic heterocycles. The molecule has 1 amide bonds. The predicted molar refractivity (Wildman–Crippen MR) is 67.7 cm³/mol. The highest BCUT2D eigenvalue weighted by Crippen LogP contribution is 2.30. The Labute approximate surface area is 104 Å².